The first-order valence-corrected chi connectivity index (χ1v) is 10.6. The number of rotatable bonds is 3. The molecule has 0 radical (unpaired) electrons. The summed E-state index contributed by atoms with van der Waals surface area (Å²) in [6.45, 7) is 0.879. The second kappa shape index (κ2) is 7.99. The highest BCUT2D eigenvalue weighted by molar-refractivity contribution is 5.92. The van der Waals surface area contributed by atoms with Gasteiger partial charge in [-0.25, -0.2) is 4.79 Å². The van der Waals surface area contributed by atoms with Crippen LogP contribution in [0.1, 0.15) is 35.0 Å². The van der Waals surface area contributed by atoms with Gasteiger partial charge in [-0.1, -0.05) is 24.3 Å². The average molecular weight is 455 g/mol. The maximum Gasteiger partial charge on any atom is 0.416 e. The molecule has 2 aromatic carbocycles. The van der Waals surface area contributed by atoms with Gasteiger partial charge in [0.05, 0.1) is 16.6 Å². The number of imidazole rings is 1. The summed E-state index contributed by atoms with van der Waals surface area (Å²) in [5.41, 5.74) is 0.917. The van der Waals surface area contributed by atoms with Crippen LogP contribution in [0.25, 0.3) is 22.4 Å². The number of aromatic amines is 1. The molecule has 2 aromatic heterocycles. The lowest BCUT2D eigenvalue weighted by Gasteiger charge is -2.32. The molecule has 1 saturated heterocycles. The van der Waals surface area contributed by atoms with E-state index in [9.17, 15) is 22.8 Å². The van der Waals surface area contributed by atoms with Crippen molar-refractivity contribution in [3.63, 3.8) is 0 Å². The van der Waals surface area contributed by atoms with Gasteiger partial charge in [-0.05, 0) is 49.2 Å². The second-order valence-electron chi connectivity index (χ2n) is 8.08. The summed E-state index contributed by atoms with van der Waals surface area (Å²) in [6, 6.07) is 15.2. The van der Waals surface area contributed by atoms with E-state index in [4.69, 9.17) is 4.42 Å². The topological polar surface area (TPSA) is 71.2 Å². The van der Waals surface area contributed by atoms with Gasteiger partial charge < -0.3 is 14.3 Å². The molecule has 3 heterocycles. The average Bonchev–Trinajstić information content (AvgIpc) is 3.42. The van der Waals surface area contributed by atoms with E-state index in [0.29, 0.717) is 25.9 Å². The Morgan fingerprint density at radius 3 is 2.52 bits per heavy atom. The number of nitrogens with zero attached hydrogens (tertiary/aromatic N) is 2. The number of amides is 1. The van der Waals surface area contributed by atoms with Gasteiger partial charge in [0.25, 0.3) is 5.91 Å². The van der Waals surface area contributed by atoms with Crippen molar-refractivity contribution < 1.29 is 22.4 Å². The Bertz CT molecular complexity index is 1370. The fraction of sp³-hybridized carbons (Fsp3) is 0.250. The van der Waals surface area contributed by atoms with E-state index in [1.165, 1.54) is 24.3 Å². The fourth-order valence-corrected chi connectivity index (χ4v) is 4.38. The van der Waals surface area contributed by atoms with Crippen LogP contribution in [0.2, 0.25) is 0 Å². The molecule has 4 aromatic rings. The Morgan fingerprint density at radius 1 is 1.00 bits per heavy atom. The zero-order chi connectivity index (χ0) is 23.2. The molecule has 0 aliphatic carbocycles. The van der Waals surface area contributed by atoms with Gasteiger partial charge in [0.2, 0.25) is 0 Å². The molecule has 170 valence electrons. The van der Waals surface area contributed by atoms with E-state index in [1.807, 2.05) is 24.3 Å². The summed E-state index contributed by atoms with van der Waals surface area (Å²) in [7, 11) is 0. The third-order valence-electron chi connectivity index (χ3n) is 6.03. The van der Waals surface area contributed by atoms with Crippen LogP contribution in [0.5, 0.6) is 0 Å². The minimum absolute atomic E-state index is 0.0324. The van der Waals surface area contributed by atoms with Crippen LogP contribution in [-0.4, -0.2) is 33.4 Å². The number of hydrogen-bond donors (Lipinski definition) is 1. The summed E-state index contributed by atoms with van der Waals surface area (Å²) in [6.07, 6.45) is -3.25. The Hall–Kier alpha value is -3.75. The normalized spacial score (nSPS) is 15.3. The Balaban J connectivity index is 1.30. The number of piperidine rings is 1. The molecule has 0 spiro atoms. The maximum absolute atomic E-state index is 13.0. The lowest BCUT2D eigenvalue weighted by Crippen LogP contribution is -2.40. The predicted octanol–water partition coefficient (Wildman–Crippen LogP) is 5.09. The van der Waals surface area contributed by atoms with Gasteiger partial charge in [-0.3, -0.25) is 9.36 Å². The first-order valence-electron chi connectivity index (χ1n) is 10.6. The number of halogens is 3. The summed E-state index contributed by atoms with van der Waals surface area (Å²) in [5, 5.41) is 0. The lowest BCUT2D eigenvalue weighted by atomic mass is 10.0. The predicted molar refractivity (Wildman–Crippen MR) is 116 cm³/mol. The van der Waals surface area contributed by atoms with Gasteiger partial charge in [-0.15, -0.1) is 0 Å². The molecule has 0 bridgehead atoms. The molecule has 0 unspecified atom stereocenters. The quantitative estimate of drug-likeness (QED) is 0.468. The number of para-hydroxylation sites is 2. The molecule has 9 heteroatoms. The zero-order valence-electron chi connectivity index (χ0n) is 17.4. The molecule has 0 saturated carbocycles. The molecular formula is C24H20F3N3O3. The number of aromatic nitrogens is 2. The van der Waals surface area contributed by atoms with Crippen LogP contribution in [0.4, 0.5) is 13.2 Å². The SMILES string of the molecule is O=C(c1ccc(-c2cccc(C(F)(F)F)c2)o1)N1CCC(n2c(=O)[nH]c3ccccc32)CC1. The van der Waals surface area contributed by atoms with Crippen molar-refractivity contribution in [1.29, 1.82) is 0 Å². The van der Waals surface area contributed by atoms with Crippen LogP contribution in [0.15, 0.2) is 69.9 Å². The summed E-state index contributed by atoms with van der Waals surface area (Å²) < 4.78 is 46.3. The van der Waals surface area contributed by atoms with Crippen molar-refractivity contribution >= 4 is 16.9 Å². The van der Waals surface area contributed by atoms with Gasteiger partial charge in [0, 0.05) is 24.7 Å². The highest BCUT2D eigenvalue weighted by atomic mass is 19.4. The van der Waals surface area contributed by atoms with Crippen molar-refractivity contribution in [3.05, 3.63) is 82.5 Å². The van der Waals surface area contributed by atoms with E-state index < -0.39 is 11.7 Å². The zero-order valence-corrected chi connectivity index (χ0v) is 17.4. The Labute approximate surface area is 186 Å². The van der Waals surface area contributed by atoms with Crippen LogP contribution < -0.4 is 5.69 Å². The molecule has 6 nitrogen and oxygen atoms in total. The molecule has 0 atom stereocenters. The highest BCUT2D eigenvalue weighted by Gasteiger charge is 2.31. The number of H-pyrrole nitrogens is 1. The van der Waals surface area contributed by atoms with Crippen molar-refractivity contribution in [3.8, 4) is 11.3 Å². The number of fused-ring (bicyclic) bond motifs is 1. The number of carbonyl (C=O) groups is 1. The largest absolute Gasteiger partial charge is 0.451 e. The minimum Gasteiger partial charge on any atom is -0.451 e. The third kappa shape index (κ3) is 3.94. The van der Waals surface area contributed by atoms with Gasteiger partial charge >= 0.3 is 11.9 Å². The molecule has 33 heavy (non-hydrogen) atoms. The van der Waals surface area contributed by atoms with Crippen molar-refractivity contribution in [2.45, 2.75) is 25.1 Å². The fourth-order valence-electron chi connectivity index (χ4n) is 4.38. The van der Waals surface area contributed by atoms with Crippen LogP contribution >= 0.6 is 0 Å². The highest BCUT2D eigenvalue weighted by Crippen LogP contribution is 2.33. The number of hydrogen-bond acceptors (Lipinski definition) is 3. The smallest absolute Gasteiger partial charge is 0.416 e. The number of alkyl halides is 3. The number of carbonyl (C=O) groups excluding carboxylic acids is 1. The van der Waals surface area contributed by atoms with Crippen LogP contribution in [-0.2, 0) is 6.18 Å². The van der Waals surface area contributed by atoms with Crippen molar-refractivity contribution in [2.75, 3.05) is 13.1 Å². The maximum atomic E-state index is 13.0. The van der Waals surface area contributed by atoms with E-state index in [1.54, 1.807) is 9.47 Å². The van der Waals surface area contributed by atoms with E-state index in [2.05, 4.69) is 4.98 Å². The van der Waals surface area contributed by atoms with E-state index >= 15 is 0 Å². The number of likely N-dealkylation sites (tertiary alicyclic amines) is 1. The monoisotopic (exact) mass is 455 g/mol. The molecule has 5 rings (SSSR count). The van der Waals surface area contributed by atoms with Gasteiger partial charge in [-0.2, -0.15) is 13.2 Å². The van der Waals surface area contributed by atoms with Gasteiger partial charge in [0.15, 0.2) is 5.76 Å². The van der Waals surface area contributed by atoms with Crippen molar-refractivity contribution in [2.24, 2.45) is 0 Å². The summed E-state index contributed by atoms with van der Waals surface area (Å²) in [5.74, 6) is -0.0484. The van der Waals surface area contributed by atoms with Crippen molar-refractivity contribution in [1.82, 2.24) is 14.5 Å². The molecule has 1 aliphatic rings. The van der Waals surface area contributed by atoms with Gasteiger partial charge in [0.1, 0.15) is 5.76 Å². The van der Waals surface area contributed by atoms with Crippen LogP contribution in [0.3, 0.4) is 0 Å². The summed E-state index contributed by atoms with van der Waals surface area (Å²) >= 11 is 0. The second-order valence-corrected chi connectivity index (χ2v) is 8.08. The Morgan fingerprint density at radius 2 is 1.76 bits per heavy atom. The van der Waals surface area contributed by atoms with E-state index in [0.717, 1.165) is 23.2 Å². The molecule has 1 aliphatic heterocycles. The molecular weight excluding hydrogens is 435 g/mol. The van der Waals surface area contributed by atoms with Crippen LogP contribution in [0, 0.1) is 0 Å². The van der Waals surface area contributed by atoms with E-state index in [-0.39, 0.29) is 34.7 Å². The number of furan rings is 1. The molecule has 1 fully saturated rings. The number of nitrogens with one attached hydrogen (secondary N) is 1. The Kier molecular flexibility index (Phi) is 5.11. The minimum atomic E-state index is -4.46. The molecule has 1 N–H and O–H groups in total. The first-order chi connectivity index (χ1) is 15.8. The standard InChI is InChI=1S/C24H20F3N3O3/c25-24(26,27)16-5-3-4-15(14-16)20-8-9-21(33-20)22(31)29-12-10-17(11-13-29)30-19-7-2-1-6-18(19)28-23(30)32/h1-9,14,17H,10-13H2,(H,28,32). The summed E-state index contributed by atoms with van der Waals surface area (Å²) in [4.78, 5) is 29.9. The molecule has 1 amide bonds. The lowest BCUT2D eigenvalue weighted by molar-refractivity contribution is -0.137. The number of benzene rings is 2. The first kappa shape index (κ1) is 21.1. The third-order valence-corrected chi connectivity index (χ3v) is 6.03.